The summed E-state index contributed by atoms with van der Waals surface area (Å²) in [7, 11) is 2.32. The number of nitrogens with one attached hydrogen (secondary N) is 1. The quantitative estimate of drug-likeness (QED) is 0.792. The lowest BCUT2D eigenvalue weighted by atomic mass is 9.74. The van der Waals surface area contributed by atoms with E-state index in [1.807, 2.05) is 0 Å². The van der Waals surface area contributed by atoms with E-state index in [1.54, 1.807) is 0 Å². The van der Waals surface area contributed by atoms with Crippen LogP contribution in [0.3, 0.4) is 0 Å². The average molecular weight is 238 g/mol. The first-order valence-electron chi connectivity index (χ1n) is 7.47. The molecule has 1 N–H and O–H groups in total. The summed E-state index contributed by atoms with van der Waals surface area (Å²) in [6, 6.07) is 0. The van der Waals surface area contributed by atoms with E-state index in [2.05, 4.69) is 31.1 Å². The maximum absolute atomic E-state index is 3.56. The van der Waals surface area contributed by atoms with Gasteiger partial charge in [0.15, 0.2) is 0 Å². The molecule has 0 aromatic carbocycles. The zero-order chi connectivity index (χ0) is 12.3. The minimum atomic E-state index is 0.464. The number of piperidine rings is 1. The van der Waals surface area contributed by atoms with Crippen molar-refractivity contribution in [3.05, 3.63) is 0 Å². The van der Waals surface area contributed by atoms with Gasteiger partial charge in [0, 0.05) is 13.1 Å². The normalized spacial score (nSPS) is 27.2. The predicted octanol–water partition coefficient (Wildman–Crippen LogP) is 2.74. The molecule has 17 heavy (non-hydrogen) atoms. The first kappa shape index (κ1) is 13.4. The fraction of sp³-hybridized carbons (Fsp3) is 1.00. The maximum Gasteiger partial charge on any atom is 0.00329 e. The molecule has 2 rings (SSSR count). The Morgan fingerprint density at radius 3 is 2.47 bits per heavy atom. The molecule has 1 saturated carbocycles. The Morgan fingerprint density at radius 1 is 1.18 bits per heavy atom. The highest BCUT2D eigenvalue weighted by Gasteiger charge is 2.32. The van der Waals surface area contributed by atoms with Crippen LogP contribution in [-0.4, -0.2) is 38.1 Å². The zero-order valence-corrected chi connectivity index (χ0v) is 12.0. The van der Waals surface area contributed by atoms with Gasteiger partial charge in [0.2, 0.25) is 0 Å². The van der Waals surface area contributed by atoms with Crippen LogP contribution in [0.1, 0.15) is 46.0 Å². The van der Waals surface area contributed by atoms with E-state index in [0.29, 0.717) is 5.41 Å². The number of hydrogen-bond acceptors (Lipinski definition) is 2. The van der Waals surface area contributed by atoms with Crippen LogP contribution in [0.25, 0.3) is 0 Å². The highest BCUT2D eigenvalue weighted by atomic mass is 15.1. The fourth-order valence-corrected chi connectivity index (χ4v) is 3.52. The lowest BCUT2D eigenvalue weighted by Gasteiger charge is -2.41. The van der Waals surface area contributed by atoms with Crippen LogP contribution in [0.2, 0.25) is 0 Å². The van der Waals surface area contributed by atoms with E-state index in [4.69, 9.17) is 0 Å². The number of hydrogen-bond donors (Lipinski definition) is 1. The summed E-state index contributed by atoms with van der Waals surface area (Å²) in [5.74, 6) is 1.86. The van der Waals surface area contributed by atoms with Crippen molar-refractivity contribution in [3.8, 4) is 0 Å². The van der Waals surface area contributed by atoms with E-state index >= 15 is 0 Å². The Hall–Kier alpha value is -0.0800. The van der Waals surface area contributed by atoms with Crippen molar-refractivity contribution in [2.75, 3.05) is 33.2 Å². The van der Waals surface area contributed by atoms with Gasteiger partial charge in [-0.1, -0.05) is 20.3 Å². The molecule has 0 amide bonds. The average Bonchev–Trinajstić information content (AvgIpc) is 2.24. The molecule has 1 heterocycles. The first-order valence-corrected chi connectivity index (χ1v) is 7.47. The van der Waals surface area contributed by atoms with E-state index in [9.17, 15) is 0 Å². The topological polar surface area (TPSA) is 15.3 Å². The van der Waals surface area contributed by atoms with E-state index in [0.717, 1.165) is 11.8 Å². The minimum absolute atomic E-state index is 0.464. The van der Waals surface area contributed by atoms with Gasteiger partial charge in [-0.05, 0) is 63.1 Å². The lowest BCUT2D eigenvalue weighted by Crippen LogP contribution is -2.45. The summed E-state index contributed by atoms with van der Waals surface area (Å²) < 4.78 is 0. The molecule has 1 atom stereocenters. The molecule has 0 radical (unpaired) electrons. The second-order valence-electron chi connectivity index (χ2n) is 7.03. The molecule has 0 aromatic rings. The van der Waals surface area contributed by atoms with Gasteiger partial charge in [-0.25, -0.2) is 0 Å². The van der Waals surface area contributed by atoms with Crippen LogP contribution < -0.4 is 5.32 Å². The second-order valence-corrected chi connectivity index (χ2v) is 7.03. The molecule has 1 saturated heterocycles. The summed E-state index contributed by atoms with van der Waals surface area (Å²) in [5, 5.41) is 3.56. The van der Waals surface area contributed by atoms with Crippen LogP contribution in [0.15, 0.2) is 0 Å². The molecule has 2 heteroatoms. The molecule has 1 aliphatic heterocycles. The molecule has 2 aliphatic rings. The molecule has 1 unspecified atom stereocenters. The Kier molecular flexibility index (Phi) is 4.48. The van der Waals surface area contributed by atoms with Crippen molar-refractivity contribution in [2.45, 2.75) is 46.0 Å². The van der Waals surface area contributed by atoms with Gasteiger partial charge < -0.3 is 10.2 Å². The van der Waals surface area contributed by atoms with Gasteiger partial charge >= 0.3 is 0 Å². The third-order valence-corrected chi connectivity index (χ3v) is 4.87. The van der Waals surface area contributed by atoms with E-state index in [-0.39, 0.29) is 0 Å². The third kappa shape index (κ3) is 3.69. The van der Waals surface area contributed by atoms with Gasteiger partial charge in [0.05, 0.1) is 0 Å². The molecular weight excluding hydrogens is 208 g/mol. The molecule has 1 aliphatic carbocycles. The minimum Gasteiger partial charge on any atom is -0.316 e. The predicted molar refractivity (Wildman–Crippen MR) is 74.2 cm³/mol. The van der Waals surface area contributed by atoms with Crippen molar-refractivity contribution in [1.29, 1.82) is 0 Å². The van der Waals surface area contributed by atoms with Gasteiger partial charge in [-0.15, -0.1) is 0 Å². The van der Waals surface area contributed by atoms with E-state index in [1.165, 1.54) is 58.3 Å². The molecular formula is C15H30N2. The van der Waals surface area contributed by atoms with Crippen LogP contribution in [0.4, 0.5) is 0 Å². The molecule has 0 spiro atoms. The van der Waals surface area contributed by atoms with E-state index < -0.39 is 0 Å². The molecule has 100 valence electrons. The van der Waals surface area contributed by atoms with Crippen LogP contribution in [-0.2, 0) is 0 Å². The van der Waals surface area contributed by atoms with Crippen LogP contribution in [0.5, 0.6) is 0 Å². The summed E-state index contributed by atoms with van der Waals surface area (Å²) in [4.78, 5) is 2.58. The molecule has 2 nitrogen and oxygen atoms in total. The van der Waals surface area contributed by atoms with Crippen molar-refractivity contribution < 1.29 is 0 Å². The standard InChI is InChI=1S/C15H30N2/c1-15(2,14-8-5-9-16-10-14)12-17(3)11-13-6-4-7-13/h13-14,16H,4-12H2,1-3H3. The Labute approximate surface area is 107 Å². The lowest BCUT2D eigenvalue weighted by molar-refractivity contribution is 0.0949. The van der Waals surface area contributed by atoms with Crippen LogP contribution in [0, 0.1) is 17.3 Å². The smallest absolute Gasteiger partial charge is 0.00329 e. The third-order valence-electron chi connectivity index (χ3n) is 4.87. The Morgan fingerprint density at radius 2 is 1.94 bits per heavy atom. The van der Waals surface area contributed by atoms with Crippen LogP contribution >= 0.6 is 0 Å². The molecule has 0 bridgehead atoms. The summed E-state index contributed by atoms with van der Waals surface area (Å²) >= 11 is 0. The molecule has 0 aromatic heterocycles. The van der Waals surface area contributed by atoms with Crippen molar-refractivity contribution in [1.82, 2.24) is 10.2 Å². The van der Waals surface area contributed by atoms with Gasteiger partial charge in [-0.2, -0.15) is 0 Å². The van der Waals surface area contributed by atoms with Gasteiger partial charge in [0.25, 0.3) is 0 Å². The van der Waals surface area contributed by atoms with Crippen molar-refractivity contribution in [3.63, 3.8) is 0 Å². The number of rotatable bonds is 5. The monoisotopic (exact) mass is 238 g/mol. The van der Waals surface area contributed by atoms with Gasteiger partial charge in [0.1, 0.15) is 0 Å². The van der Waals surface area contributed by atoms with Gasteiger partial charge in [-0.3, -0.25) is 0 Å². The first-order chi connectivity index (χ1) is 8.08. The highest BCUT2D eigenvalue weighted by molar-refractivity contribution is 4.85. The summed E-state index contributed by atoms with van der Waals surface area (Å²) in [6.07, 6.45) is 7.18. The number of nitrogens with zero attached hydrogens (tertiary/aromatic N) is 1. The maximum atomic E-state index is 3.56. The largest absolute Gasteiger partial charge is 0.316 e. The fourth-order valence-electron chi connectivity index (χ4n) is 3.52. The van der Waals surface area contributed by atoms with Crippen molar-refractivity contribution >= 4 is 0 Å². The van der Waals surface area contributed by atoms with Crippen molar-refractivity contribution in [2.24, 2.45) is 17.3 Å². The Balaban J connectivity index is 1.77. The zero-order valence-electron chi connectivity index (χ0n) is 12.0. The second kappa shape index (κ2) is 5.71. The summed E-state index contributed by atoms with van der Waals surface area (Å²) in [5.41, 5.74) is 0.464. The molecule has 2 fully saturated rings. The summed E-state index contributed by atoms with van der Waals surface area (Å²) in [6.45, 7) is 9.96. The SMILES string of the molecule is CN(CC1CCC1)CC(C)(C)C1CCCNC1. The Bertz CT molecular complexity index is 227. The highest BCUT2D eigenvalue weighted by Crippen LogP contribution is 2.33.